The van der Waals surface area contributed by atoms with Gasteiger partial charge < -0.3 is 20.5 Å². The first-order valence-corrected chi connectivity index (χ1v) is 7.32. The number of rotatable bonds is 5. The number of urea groups is 1. The number of hydrogen-bond donors (Lipinski definition) is 3. The van der Waals surface area contributed by atoms with Crippen LogP contribution in [0.1, 0.15) is 25.7 Å². The van der Waals surface area contributed by atoms with Crippen molar-refractivity contribution in [3.8, 4) is 5.75 Å². The van der Waals surface area contributed by atoms with Gasteiger partial charge in [0.05, 0.1) is 17.8 Å². The molecule has 1 aromatic rings. The second-order valence-electron chi connectivity index (χ2n) is 5.62. The van der Waals surface area contributed by atoms with E-state index in [1.807, 2.05) is 0 Å². The maximum atomic E-state index is 12.2. The van der Waals surface area contributed by atoms with Crippen molar-refractivity contribution in [1.29, 1.82) is 0 Å². The molecule has 0 aromatic heterocycles. The predicted octanol–water partition coefficient (Wildman–Crippen LogP) is 3.05. The molecule has 0 aliphatic heterocycles. The van der Waals surface area contributed by atoms with Crippen LogP contribution >= 0.6 is 0 Å². The Kier molecular flexibility index (Phi) is 5.35. The number of halogens is 3. The largest absolute Gasteiger partial charge is 0.482 e. The van der Waals surface area contributed by atoms with Crippen LogP contribution in [0.4, 0.5) is 23.7 Å². The molecule has 23 heavy (non-hydrogen) atoms. The van der Waals surface area contributed by atoms with Gasteiger partial charge in [-0.15, -0.1) is 0 Å². The zero-order valence-corrected chi connectivity index (χ0v) is 12.4. The van der Waals surface area contributed by atoms with Crippen molar-refractivity contribution in [1.82, 2.24) is 5.32 Å². The normalized spacial score (nSPS) is 16.9. The van der Waals surface area contributed by atoms with E-state index in [2.05, 4.69) is 10.6 Å². The van der Waals surface area contributed by atoms with Gasteiger partial charge in [0.25, 0.3) is 0 Å². The molecule has 0 bridgehead atoms. The van der Waals surface area contributed by atoms with Gasteiger partial charge in [-0.1, -0.05) is 25.0 Å². The average Bonchev–Trinajstić information content (AvgIpc) is 2.94. The summed E-state index contributed by atoms with van der Waals surface area (Å²) in [7, 11) is 0. The van der Waals surface area contributed by atoms with Crippen molar-refractivity contribution in [2.24, 2.45) is 0 Å². The third-order valence-electron chi connectivity index (χ3n) is 3.77. The molecule has 1 aromatic carbocycles. The van der Waals surface area contributed by atoms with Gasteiger partial charge >= 0.3 is 12.2 Å². The summed E-state index contributed by atoms with van der Waals surface area (Å²) in [5.41, 5.74) is -0.522. The Morgan fingerprint density at radius 2 is 1.91 bits per heavy atom. The van der Waals surface area contributed by atoms with Crippen LogP contribution in [-0.2, 0) is 0 Å². The Bertz CT molecular complexity index is 543. The van der Waals surface area contributed by atoms with Crippen molar-refractivity contribution in [2.45, 2.75) is 37.4 Å². The lowest BCUT2D eigenvalue weighted by Gasteiger charge is -2.28. The minimum atomic E-state index is -4.46. The lowest BCUT2D eigenvalue weighted by Crippen LogP contribution is -2.50. The fourth-order valence-corrected chi connectivity index (χ4v) is 2.62. The molecule has 0 heterocycles. The van der Waals surface area contributed by atoms with Crippen molar-refractivity contribution in [3.63, 3.8) is 0 Å². The van der Waals surface area contributed by atoms with E-state index in [1.165, 1.54) is 18.2 Å². The van der Waals surface area contributed by atoms with Crippen LogP contribution in [0.15, 0.2) is 24.3 Å². The van der Waals surface area contributed by atoms with Gasteiger partial charge in [0.1, 0.15) is 5.75 Å². The summed E-state index contributed by atoms with van der Waals surface area (Å²) in [5.74, 6) is -0.0653. The number of aliphatic hydroxyl groups excluding tert-OH is 1. The molecular formula is C15H19F3N2O3. The predicted molar refractivity (Wildman–Crippen MR) is 78.4 cm³/mol. The Labute approximate surface area is 131 Å². The van der Waals surface area contributed by atoms with Crippen LogP contribution in [0.3, 0.4) is 0 Å². The van der Waals surface area contributed by atoms with E-state index in [0.29, 0.717) is 12.8 Å². The molecule has 1 saturated carbocycles. The minimum Gasteiger partial charge on any atom is -0.482 e. The molecule has 1 aliphatic carbocycles. The summed E-state index contributed by atoms with van der Waals surface area (Å²) in [6, 6.07) is 5.31. The van der Waals surface area contributed by atoms with Crippen LogP contribution in [0.5, 0.6) is 5.75 Å². The molecule has 2 rings (SSSR count). The third-order valence-corrected chi connectivity index (χ3v) is 3.77. The number of para-hydroxylation sites is 2. The molecular weight excluding hydrogens is 313 g/mol. The molecule has 0 saturated heterocycles. The Morgan fingerprint density at radius 1 is 1.26 bits per heavy atom. The smallest absolute Gasteiger partial charge is 0.422 e. The average molecular weight is 332 g/mol. The Balaban J connectivity index is 2.00. The molecule has 1 fully saturated rings. The summed E-state index contributed by atoms with van der Waals surface area (Å²) in [4.78, 5) is 12.1. The molecule has 8 heteroatoms. The SMILES string of the molecule is O=C(Nc1ccccc1OCC(F)(F)F)NC1(CO)CCCC1. The van der Waals surface area contributed by atoms with Gasteiger partial charge in [0.2, 0.25) is 0 Å². The van der Waals surface area contributed by atoms with Crippen molar-refractivity contribution >= 4 is 11.7 Å². The van der Waals surface area contributed by atoms with E-state index < -0.39 is 24.4 Å². The Hall–Kier alpha value is -1.96. The molecule has 0 atom stereocenters. The van der Waals surface area contributed by atoms with Crippen LogP contribution in [-0.4, -0.2) is 36.1 Å². The molecule has 1 aliphatic rings. The molecule has 0 unspecified atom stereocenters. The lowest BCUT2D eigenvalue weighted by molar-refractivity contribution is -0.153. The van der Waals surface area contributed by atoms with Gasteiger partial charge in [-0.05, 0) is 25.0 Å². The van der Waals surface area contributed by atoms with Crippen LogP contribution < -0.4 is 15.4 Å². The highest BCUT2D eigenvalue weighted by atomic mass is 19.4. The first kappa shape index (κ1) is 17.4. The molecule has 2 amide bonds. The van der Waals surface area contributed by atoms with E-state index in [1.54, 1.807) is 6.07 Å². The maximum absolute atomic E-state index is 12.2. The van der Waals surface area contributed by atoms with E-state index in [0.717, 1.165) is 12.8 Å². The van der Waals surface area contributed by atoms with Gasteiger partial charge in [-0.3, -0.25) is 0 Å². The van der Waals surface area contributed by atoms with Gasteiger partial charge in [-0.2, -0.15) is 13.2 Å². The van der Waals surface area contributed by atoms with Crippen molar-refractivity contribution < 1.29 is 27.8 Å². The number of benzene rings is 1. The van der Waals surface area contributed by atoms with Crippen molar-refractivity contribution in [2.75, 3.05) is 18.5 Å². The first-order chi connectivity index (χ1) is 10.8. The number of carbonyl (C=O) groups is 1. The number of amides is 2. The maximum Gasteiger partial charge on any atom is 0.422 e. The van der Waals surface area contributed by atoms with Crippen LogP contribution in [0, 0.1) is 0 Å². The number of nitrogens with one attached hydrogen (secondary N) is 2. The number of hydrogen-bond acceptors (Lipinski definition) is 3. The van der Waals surface area contributed by atoms with E-state index in [-0.39, 0.29) is 18.0 Å². The number of aliphatic hydroxyl groups is 1. The summed E-state index contributed by atoms with van der Waals surface area (Å²) >= 11 is 0. The number of ether oxygens (including phenoxy) is 1. The topological polar surface area (TPSA) is 70.6 Å². The van der Waals surface area contributed by atoms with Gasteiger partial charge in [-0.25, -0.2) is 4.79 Å². The molecule has 5 nitrogen and oxygen atoms in total. The van der Waals surface area contributed by atoms with Gasteiger partial charge in [0.15, 0.2) is 6.61 Å². The number of anilines is 1. The zero-order chi connectivity index (χ0) is 16.9. The first-order valence-electron chi connectivity index (χ1n) is 7.32. The van der Waals surface area contributed by atoms with Gasteiger partial charge in [0, 0.05) is 0 Å². The monoisotopic (exact) mass is 332 g/mol. The van der Waals surface area contributed by atoms with E-state index in [4.69, 9.17) is 4.74 Å². The lowest BCUT2D eigenvalue weighted by atomic mass is 9.99. The van der Waals surface area contributed by atoms with Crippen LogP contribution in [0.2, 0.25) is 0 Å². The molecule has 0 spiro atoms. The zero-order valence-electron chi connectivity index (χ0n) is 12.4. The highest BCUT2D eigenvalue weighted by molar-refractivity contribution is 5.91. The second kappa shape index (κ2) is 7.08. The summed E-state index contributed by atoms with van der Waals surface area (Å²) in [6.45, 7) is -1.61. The summed E-state index contributed by atoms with van der Waals surface area (Å²) < 4.78 is 41.5. The third kappa shape index (κ3) is 5.02. The van der Waals surface area contributed by atoms with Crippen LogP contribution in [0.25, 0.3) is 0 Å². The number of alkyl halides is 3. The van der Waals surface area contributed by atoms with Crippen molar-refractivity contribution in [3.05, 3.63) is 24.3 Å². The molecule has 128 valence electrons. The van der Waals surface area contributed by atoms with E-state index in [9.17, 15) is 23.1 Å². The standard InChI is InChI=1S/C15H19F3N2O3/c16-15(17,18)10-23-12-6-2-1-5-11(12)19-13(22)20-14(9-21)7-3-4-8-14/h1-2,5-6,21H,3-4,7-10H2,(H2,19,20,22). The second-order valence-corrected chi connectivity index (χ2v) is 5.62. The number of carbonyl (C=O) groups excluding carboxylic acids is 1. The Morgan fingerprint density at radius 3 is 2.52 bits per heavy atom. The molecule has 0 radical (unpaired) electrons. The summed E-state index contributed by atoms with van der Waals surface area (Å²) in [6.07, 6.45) is -1.30. The fourth-order valence-electron chi connectivity index (χ4n) is 2.62. The highest BCUT2D eigenvalue weighted by Gasteiger charge is 2.35. The van der Waals surface area contributed by atoms with E-state index >= 15 is 0 Å². The molecule has 3 N–H and O–H groups in total. The minimum absolute atomic E-state index is 0.0653. The summed E-state index contributed by atoms with van der Waals surface area (Å²) in [5, 5.41) is 14.7. The quantitative estimate of drug-likeness (QED) is 0.776. The fraction of sp³-hybridized carbons (Fsp3) is 0.533. The highest BCUT2D eigenvalue weighted by Crippen LogP contribution is 2.30.